The molecule has 2 N–H and O–H groups in total. The van der Waals surface area contributed by atoms with E-state index in [1.807, 2.05) is 6.07 Å². The molecule has 1 aromatic carbocycles. The first kappa shape index (κ1) is 20.5. The highest BCUT2D eigenvalue weighted by atomic mass is 35.5. The summed E-state index contributed by atoms with van der Waals surface area (Å²) in [6.07, 6.45) is 2.10. The largest absolute Gasteiger partial charge is 0.354 e. The molecule has 162 valence electrons. The minimum atomic E-state index is -0.254. The number of halogens is 2. The van der Waals surface area contributed by atoms with E-state index in [0.717, 1.165) is 24.2 Å². The number of nitrogens with zero attached hydrogens (tertiary/aromatic N) is 2. The zero-order chi connectivity index (χ0) is 21.9. The molecule has 1 saturated heterocycles. The number of benzene rings is 1. The fourth-order valence-corrected chi connectivity index (χ4v) is 5.28. The average molecular weight is 461 g/mol. The van der Waals surface area contributed by atoms with Gasteiger partial charge in [-0.15, -0.1) is 0 Å². The molecule has 2 aliphatic heterocycles. The highest BCUT2D eigenvalue weighted by molar-refractivity contribution is 6.37. The molecule has 0 radical (unpaired) electrons. The Balaban J connectivity index is 1.53. The number of fused-ring (bicyclic) bond motifs is 2. The van der Waals surface area contributed by atoms with E-state index < -0.39 is 0 Å². The standard InChI is InChI=1S/C22H22Cl2N4O3/c1-10(12-6-25-7-12)14-5-17(23)13-3-4-28(22(30)18(13)19(14)24)9-16-15-8-26-31-20(15)11(2)27-21(16)29/h5,8,10,12,25H,3-4,6-7,9H2,1-2H3,(H,27,29). The van der Waals surface area contributed by atoms with Crippen molar-refractivity contribution in [1.29, 1.82) is 0 Å². The molecule has 0 bridgehead atoms. The number of rotatable bonds is 4. The number of aryl methyl sites for hydroxylation is 1. The van der Waals surface area contributed by atoms with Gasteiger partial charge in [0.25, 0.3) is 11.5 Å². The number of pyridine rings is 1. The topological polar surface area (TPSA) is 91.2 Å². The summed E-state index contributed by atoms with van der Waals surface area (Å²) in [5.41, 5.74) is 3.47. The summed E-state index contributed by atoms with van der Waals surface area (Å²) in [6.45, 7) is 6.32. The summed E-state index contributed by atoms with van der Waals surface area (Å²) in [6, 6.07) is 1.92. The third-order valence-electron chi connectivity index (χ3n) is 6.65. The normalized spacial score (nSPS) is 17.7. The average Bonchev–Trinajstić information content (AvgIpc) is 3.17. The zero-order valence-corrected chi connectivity index (χ0v) is 18.7. The van der Waals surface area contributed by atoms with Gasteiger partial charge in [0, 0.05) is 17.1 Å². The van der Waals surface area contributed by atoms with E-state index in [9.17, 15) is 9.59 Å². The lowest BCUT2D eigenvalue weighted by molar-refractivity contribution is 0.0727. The second-order valence-corrected chi connectivity index (χ2v) is 9.21. The van der Waals surface area contributed by atoms with Crippen LogP contribution >= 0.6 is 23.2 Å². The van der Waals surface area contributed by atoms with Gasteiger partial charge in [0.2, 0.25) is 0 Å². The van der Waals surface area contributed by atoms with Gasteiger partial charge in [0.1, 0.15) is 0 Å². The maximum Gasteiger partial charge on any atom is 0.256 e. The number of carbonyl (C=O) groups is 1. The van der Waals surface area contributed by atoms with Crippen molar-refractivity contribution in [2.75, 3.05) is 19.6 Å². The van der Waals surface area contributed by atoms with Crippen LogP contribution < -0.4 is 10.9 Å². The van der Waals surface area contributed by atoms with Crippen LogP contribution in [0, 0.1) is 12.8 Å². The Bertz CT molecular complexity index is 1260. The van der Waals surface area contributed by atoms with Crippen LogP contribution in [-0.4, -0.2) is 40.6 Å². The van der Waals surface area contributed by atoms with Gasteiger partial charge in [-0.2, -0.15) is 0 Å². The minimum Gasteiger partial charge on any atom is -0.354 e. The Morgan fingerprint density at radius 3 is 2.81 bits per heavy atom. The number of aromatic nitrogens is 2. The number of aromatic amines is 1. The fourth-order valence-electron chi connectivity index (χ4n) is 4.56. The summed E-state index contributed by atoms with van der Waals surface area (Å²) in [7, 11) is 0. The van der Waals surface area contributed by atoms with Gasteiger partial charge in [-0.05, 0) is 55.5 Å². The Labute approximate surface area is 188 Å². The smallest absolute Gasteiger partial charge is 0.256 e. The Kier molecular flexibility index (Phi) is 5.07. The lowest BCUT2D eigenvalue weighted by atomic mass is 9.82. The van der Waals surface area contributed by atoms with Gasteiger partial charge >= 0.3 is 0 Å². The van der Waals surface area contributed by atoms with Crippen LogP contribution in [0.15, 0.2) is 21.6 Å². The molecule has 1 amide bonds. The number of nitrogens with one attached hydrogen (secondary N) is 2. The van der Waals surface area contributed by atoms with Crippen molar-refractivity contribution in [2.24, 2.45) is 5.92 Å². The van der Waals surface area contributed by atoms with E-state index in [4.69, 9.17) is 27.7 Å². The second-order valence-electron chi connectivity index (χ2n) is 8.43. The van der Waals surface area contributed by atoms with E-state index >= 15 is 0 Å². The van der Waals surface area contributed by atoms with Crippen LogP contribution in [0.2, 0.25) is 10.0 Å². The summed E-state index contributed by atoms with van der Waals surface area (Å²) >= 11 is 13.4. The molecule has 0 spiro atoms. The van der Waals surface area contributed by atoms with Gasteiger partial charge in [-0.3, -0.25) is 9.59 Å². The van der Waals surface area contributed by atoms with Crippen molar-refractivity contribution in [3.05, 3.63) is 60.6 Å². The van der Waals surface area contributed by atoms with E-state index in [1.54, 1.807) is 11.8 Å². The number of carbonyl (C=O) groups excluding carboxylic acids is 1. The van der Waals surface area contributed by atoms with Crippen molar-refractivity contribution in [3.63, 3.8) is 0 Å². The van der Waals surface area contributed by atoms with Gasteiger partial charge in [0.05, 0.1) is 34.4 Å². The van der Waals surface area contributed by atoms with Crippen molar-refractivity contribution >= 4 is 40.1 Å². The number of hydrogen-bond acceptors (Lipinski definition) is 5. The predicted molar refractivity (Wildman–Crippen MR) is 119 cm³/mol. The first-order valence-corrected chi connectivity index (χ1v) is 11.1. The Morgan fingerprint density at radius 2 is 2.10 bits per heavy atom. The second kappa shape index (κ2) is 7.65. The molecule has 2 aromatic heterocycles. The third-order valence-corrected chi connectivity index (χ3v) is 7.39. The van der Waals surface area contributed by atoms with Crippen molar-refractivity contribution in [1.82, 2.24) is 20.4 Å². The molecule has 2 aliphatic rings. The lowest BCUT2D eigenvalue weighted by Gasteiger charge is -2.35. The molecule has 1 atom stereocenters. The fraction of sp³-hybridized carbons (Fsp3) is 0.409. The molecular weight excluding hydrogens is 439 g/mol. The van der Waals surface area contributed by atoms with Gasteiger partial charge < -0.3 is 19.7 Å². The molecular formula is C22H22Cl2N4O3. The van der Waals surface area contributed by atoms with E-state index in [-0.39, 0.29) is 23.9 Å². The monoisotopic (exact) mass is 460 g/mol. The molecule has 31 heavy (non-hydrogen) atoms. The maximum absolute atomic E-state index is 13.5. The zero-order valence-electron chi connectivity index (χ0n) is 17.2. The molecule has 1 unspecified atom stereocenters. The first-order valence-electron chi connectivity index (χ1n) is 10.3. The molecule has 4 heterocycles. The summed E-state index contributed by atoms with van der Waals surface area (Å²) < 4.78 is 5.26. The number of hydrogen-bond donors (Lipinski definition) is 2. The lowest BCUT2D eigenvalue weighted by Crippen LogP contribution is -2.45. The van der Waals surface area contributed by atoms with Gasteiger partial charge in [0.15, 0.2) is 5.58 Å². The molecule has 9 heteroatoms. The van der Waals surface area contributed by atoms with Crippen LogP contribution in [0.1, 0.15) is 45.6 Å². The van der Waals surface area contributed by atoms with E-state index in [0.29, 0.717) is 56.7 Å². The highest BCUT2D eigenvalue weighted by Crippen LogP contribution is 2.40. The molecule has 0 saturated carbocycles. The number of H-pyrrole nitrogens is 1. The van der Waals surface area contributed by atoms with E-state index in [2.05, 4.69) is 22.4 Å². The van der Waals surface area contributed by atoms with Crippen molar-refractivity contribution in [2.45, 2.75) is 32.7 Å². The van der Waals surface area contributed by atoms with Gasteiger partial charge in [-0.1, -0.05) is 35.3 Å². The molecule has 3 aromatic rings. The molecule has 5 rings (SSSR count). The maximum atomic E-state index is 13.5. The van der Waals surface area contributed by atoms with E-state index in [1.165, 1.54) is 6.20 Å². The minimum absolute atomic E-state index is 0.145. The summed E-state index contributed by atoms with van der Waals surface area (Å²) in [4.78, 5) is 30.6. The summed E-state index contributed by atoms with van der Waals surface area (Å²) in [5.74, 6) is 0.448. The van der Waals surface area contributed by atoms with Crippen molar-refractivity contribution in [3.8, 4) is 0 Å². The van der Waals surface area contributed by atoms with Gasteiger partial charge in [-0.25, -0.2) is 0 Å². The quantitative estimate of drug-likeness (QED) is 0.619. The third kappa shape index (κ3) is 3.26. The SMILES string of the molecule is Cc1[nH]c(=O)c(CN2CCc3c(Cl)cc(C(C)C4CNC4)c(Cl)c3C2=O)c2cnoc12. The predicted octanol–water partition coefficient (Wildman–Crippen LogP) is 3.65. The van der Waals surface area contributed by atoms with Crippen LogP contribution in [0.4, 0.5) is 0 Å². The molecule has 7 nitrogen and oxygen atoms in total. The Morgan fingerprint density at radius 1 is 1.32 bits per heavy atom. The van der Waals surface area contributed by atoms with Crippen molar-refractivity contribution < 1.29 is 9.32 Å². The summed E-state index contributed by atoms with van der Waals surface area (Å²) in [5, 5.41) is 8.76. The van der Waals surface area contributed by atoms with Crippen LogP contribution in [-0.2, 0) is 13.0 Å². The highest BCUT2D eigenvalue weighted by Gasteiger charge is 2.34. The Hall–Kier alpha value is -2.35. The van der Waals surface area contributed by atoms with Crippen LogP contribution in [0.3, 0.4) is 0 Å². The number of amides is 1. The van der Waals surface area contributed by atoms with Crippen LogP contribution in [0.25, 0.3) is 11.0 Å². The molecule has 1 fully saturated rings. The van der Waals surface area contributed by atoms with Crippen LogP contribution in [0.5, 0.6) is 0 Å². The molecule has 0 aliphatic carbocycles. The first-order chi connectivity index (χ1) is 14.9.